The van der Waals surface area contributed by atoms with Crippen LogP contribution in [0.25, 0.3) is 22.4 Å². The smallest absolute Gasteiger partial charge is 0.280 e. The lowest BCUT2D eigenvalue weighted by Crippen LogP contribution is -2.31. The topological polar surface area (TPSA) is 87.8 Å². The molecule has 0 bridgehead atoms. The Morgan fingerprint density at radius 1 is 1.03 bits per heavy atom. The van der Waals surface area contributed by atoms with Crippen molar-refractivity contribution in [3.05, 3.63) is 92.6 Å². The van der Waals surface area contributed by atoms with Gasteiger partial charge in [0.15, 0.2) is 0 Å². The lowest BCUT2D eigenvalue weighted by Gasteiger charge is -2.15. The SMILES string of the molecule is Cc1sc(NC(=O)c2c(-c3ccccc3)c(-c3ccccc3)nn(C)c2=O)c(C#N)c1C. The van der Waals surface area contributed by atoms with E-state index in [9.17, 15) is 14.9 Å². The highest BCUT2D eigenvalue weighted by atomic mass is 32.1. The first kappa shape index (κ1) is 21.2. The number of aryl methyl sites for hydroxylation is 2. The van der Waals surface area contributed by atoms with Crippen molar-refractivity contribution in [2.45, 2.75) is 13.8 Å². The Kier molecular flexibility index (Phi) is 5.71. The van der Waals surface area contributed by atoms with Gasteiger partial charge in [-0.25, -0.2) is 4.68 Å². The molecule has 1 amide bonds. The van der Waals surface area contributed by atoms with E-state index >= 15 is 0 Å². The molecule has 2 aromatic heterocycles. The molecule has 7 heteroatoms. The highest BCUT2D eigenvalue weighted by Gasteiger charge is 2.26. The van der Waals surface area contributed by atoms with E-state index in [0.717, 1.165) is 16.0 Å². The molecule has 4 rings (SSSR count). The summed E-state index contributed by atoms with van der Waals surface area (Å²) in [6.07, 6.45) is 0. The second-order valence-corrected chi connectivity index (χ2v) is 8.54. The van der Waals surface area contributed by atoms with Crippen molar-refractivity contribution in [2.24, 2.45) is 7.05 Å². The molecule has 4 aromatic rings. The molecule has 0 saturated carbocycles. The second kappa shape index (κ2) is 8.61. The van der Waals surface area contributed by atoms with Crippen LogP contribution in [0.4, 0.5) is 5.00 Å². The summed E-state index contributed by atoms with van der Waals surface area (Å²) < 4.78 is 1.18. The van der Waals surface area contributed by atoms with Gasteiger partial charge in [0.2, 0.25) is 0 Å². The first-order chi connectivity index (χ1) is 15.4. The molecular weight excluding hydrogens is 420 g/mol. The van der Waals surface area contributed by atoms with Crippen LogP contribution >= 0.6 is 11.3 Å². The molecule has 0 aliphatic carbocycles. The number of amides is 1. The number of hydrogen-bond acceptors (Lipinski definition) is 5. The van der Waals surface area contributed by atoms with E-state index in [1.54, 1.807) is 0 Å². The average Bonchev–Trinajstić information content (AvgIpc) is 3.08. The minimum absolute atomic E-state index is 0.0138. The molecule has 6 nitrogen and oxygen atoms in total. The Balaban J connectivity index is 1.97. The molecule has 0 atom stereocenters. The number of anilines is 1. The number of benzene rings is 2. The summed E-state index contributed by atoms with van der Waals surface area (Å²) in [6.45, 7) is 3.74. The van der Waals surface area contributed by atoms with Gasteiger partial charge < -0.3 is 5.32 Å². The van der Waals surface area contributed by atoms with Crippen LogP contribution in [0.5, 0.6) is 0 Å². The van der Waals surface area contributed by atoms with Crippen LogP contribution in [0.3, 0.4) is 0 Å². The predicted octanol–water partition coefficient (Wildman–Crippen LogP) is 4.92. The van der Waals surface area contributed by atoms with Crippen LogP contribution in [0, 0.1) is 25.2 Å². The monoisotopic (exact) mass is 440 g/mol. The van der Waals surface area contributed by atoms with E-state index in [0.29, 0.717) is 27.4 Å². The van der Waals surface area contributed by atoms with Crippen molar-refractivity contribution < 1.29 is 4.79 Å². The fraction of sp³-hybridized carbons (Fsp3) is 0.120. The zero-order valence-corrected chi connectivity index (χ0v) is 18.7. The molecule has 0 aliphatic heterocycles. The van der Waals surface area contributed by atoms with Gasteiger partial charge in [0.25, 0.3) is 11.5 Å². The first-order valence-electron chi connectivity index (χ1n) is 9.96. The van der Waals surface area contributed by atoms with Gasteiger partial charge in [0.05, 0.1) is 11.3 Å². The number of rotatable bonds is 4. The Hall–Kier alpha value is -4.02. The van der Waals surface area contributed by atoms with Crippen LogP contribution in [0.1, 0.15) is 26.4 Å². The maximum absolute atomic E-state index is 13.5. The second-order valence-electron chi connectivity index (χ2n) is 7.31. The van der Waals surface area contributed by atoms with Gasteiger partial charge in [0, 0.05) is 23.1 Å². The van der Waals surface area contributed by atoms with Crippen LogP contribution in [-0.2, 0) is 7.05 Å². The first-order valence-corrected chi connectivity index (χ1v) is 10.8. The summed E-state index contributed by atoms with van der Waals surface area (Å²) in [5.74, 6) is -0.568. The molecule has 1 N–H and O–H groups in total. The fourth-order valence-electron chi connectivity index (χ4n) is 3.54. The fourth-order valence-corrected chi connectivity index (χ4v) is 4.55. The summed E-state index contributed by atoms with van der Waals surface area (Å²) >= 11 is 1.32. The number of hydrogen-bond donors (Lipinski definition) is 1. The third kappa shape index (κ3) is 3.72. The Labute approximate surface area is 189 Å². The standard InChI is InChI=1S/C25H20N4O2S/c1-15-16(2)32-24(19(15)14-26)27-23(30)21-20(17-10-6-4-7-11-17)22(28-29(3)25(21)31)18-12-8-5-9-13-18/h4-13H,1-3H3,(H,27,30). The van der Waals surface area contributed by atoms with E-state index < -0.39 is 11.5 Å². The van der Waals surface area contributed by atoms with Gasteiger partial charge >= 0.3 is 0 Å². The third-order valence-electron chi connectivity index (χ3n) is 5.31. The minimum atomic E-state index is -0.568. The number of aromatic nitrogens is 2. The Morgan fingerprint density at radius 3 is 2.22 bits per heavy atom. The van der Waals surface area contributed by atoms with Crippen molar-refractivity contribution in [3.63, 3.8) is 0 Å². The molecule has 0 spiro atoms. The van der Waals surface area contributed by atoms with Crippen LogP contribution in [0.2, 0.25) is 0 Å². The zero-order chi connectivity index (χ0) is 22.8. The molecule has 32 heavy (non-hydrogen) atoms. The maximum Gasteiger partial charge on any atom is 0.280 e. The summed E-state index contributed by atoms with van der Waals surface area (Å²) in [4.78, 5) is 27.6. The van der Waals surface area contributed by atoms with Gasteiger partial charge in [-0.15, -0.1) is 11.3 Å². The summed E-state index contributed by atoms with van der Waals surface area (Å²) in [6, 6.07) is 20.9. The predicted molar refractivity (Wildman–Crippen MR) is 127 cm³/mol. The normalized spacial score (nSPS) is 10.6. The largest absolute Gasteiger partial charge is 0.312 e. The number of nitrogens with one attached hydrogen (secondary N) is 1. The van der Waals surface area contributed by atoms with Crippen molar-refractivity contribution >= 4 is 22.2 Å². The Bertz CT molecular complexity index is 1410. The zero-order valence-electron chi connectivity index (χ0n) is 17.8. The van der Waals surface area contributed by atoms with Crippen molar-refractivity contribution in [1.29, 1.82) is 5.26 Å². The van der Waals surface area contributed by atoms with E-state index in [4.69, 9.17) is 0 Å². The number of nitriles is 1. The number of thiophene rings is 1. The van der Waals surface area contributed by atoms with Crippen molar-refractivity contribution in [1.82, 2.24) is 9.78 Å². The summed E-state index contributed by atoms with van der Waals surface area (Å²) in [7, 11) is 1.53. The molecular formula is C25H20N4O2S. The van der Waals surface area contributed by atoms with Gasteiger partial charge in [-0.2, -0.15) is 10.4 Å². The molecule has 2 aromatic carbocycles. The quantitative estimate of drug-likeness (QED) is 0.488. The van der Waals surface area contributed by atoms with E-state index in [-0.39, 0.29) is 5.56 Å². The highest BCUT2D eigenvalue weighted by Crippen LogP contribution is 2.34. The number of nitrogens with zero attached hydrogens (tertiary/aromatic N) is 3. The third-order valence-corrected chi connectivity index (χ3v) is 6.43. The summed E-state index contributed by atoms with van der Waals surface area (Å²) in [5, 5.41) is 17.3. The van der Waals surface area contributed by atoms with E-state index in [1.165, 1.54) is 23.1 Å². The van der Waals surface area contributed by atoms with Crippen molar-refractivity contribution in [3.8, 4) is 28.5 Å². The lowest BCUT2D eigenvalue weighted by molar-refractivity contribution is 0.102. The molecule has 158 valence electrons. The lowest BCUT2D eigenvalue weighted by atomic mass is 9.95. The molecule has 0 saturated heterocycles. The molecule has 2 heterocycles. The van der Waals surface area contributed by atoms with Crippen LogP contribution < -0.4 is 10.9 Å². The van der Waals surface area contributed by atoms with E-state index in [2.05, 4.69) is 16.5 Å². The van der Waals surface area contributed by atoms with Crippen LogP contribution in [-0.4, -0.2) is 15.7 Å². The number of carbonyl (C=O) groups excluding carboxylic acids is 1. The Morgan fingerprint density at radius 2 is 1.62 bits per heavy atom. The van der Waals surface area contributed by atoms with Gasteiger partial charge in [-0.3, -0.25) is 9.59 Å². The van der Waals surface area contributed by atoms with E-state index in [1.807, 2.05) is 74.5 Å². The molecule has 0 fully saturated rings. The van der Waals surface area contributed by atoms with Gasteiger partial charge in [-0.1, -0.05) is 60.7 Å². The van der Waals surface area contributed by atoms with Crippen LogP contribution in [0.15, 0.2) is 65.5 Å². The minimum Gasteiger partial charge on any atom is -0.312 e. The molecule has 0 radical (unpaired) electrons. The molecule has 0 aliphatic rings. The average molecular weight is 441 g/mol. The molecule has 0 unspecified atom stereocenters. The van der Waals surface area contributed by atoms with Gasteiger partial charge in [-0.05, 0) is 25.0 Å². The maximum atomic E-state index is 13.5. The van der Waals surface area contributed by atoms with Crippen molar-refractivity contribution in [2.75, 3.05) is 5.32 Å². The summed E-state index contributed by atoms with van der Waals surface area (Å²) in [5.41, 5.74) is 3.20. The highest BCUT2D eigenvalue weighted by molar-refractivity contribution is 7.16. The number of carbonyl (C=O) groups is 1. The van der Waals surface area contributed by atoms with Gasteiger partial charge in [0.1, 0.15) is 16.6 Å².